The van der Waals surface area contributed by atoms with E-state index in [1.54, 1.807) is 0 Å². The van der Waals surface area contributed by atoms with Crippen molar-refractivity contribution >= 4 is 12.4 Å². The number of nitrogens with two attached hydrogens (primary N) is 1. The van der Waals surface area contributed by atoms with Gasteiger partial charge in [0.2, 0.25) is 0 Å². The number of hydrogen-bond acceptors (Lipinski definition) is 1. The fourth-order valence-corrected chi connectivity index (χ4v) is 0.868. The molecule has 0 amide bonds. The Balaban J connectivity index is 0.00000121. The van der Waals surface area contributed by atoms with Gasteiger partial charge in [-0.25, -0.2) is 0 Å². The molecule has 0 saturated heterocycles. The molecule has 0 atom stereocenters. The van der Waals surface area contributed by atoms with E-state index < -0.39 is 0 Å². The molecule has 12 heavy (non-hydrogen) atoms. The van der Waals surface area contributed by atoms with Gasteiger partial charge in [-0.1, -0.05) is 18.1 Å². The van der Waals surface area contributed by atoms with E-state index in [-0.39, 0.29) is 12.4 Å². The molecule has 0 heterocycles. The zero-order valence-corrected chi connectivity index (χ0v) is 7.82. The van der Waals surface area contributed by atoms with Gasteiger partial charge in [-0.05, 0) is 24.6 Å². The average molecular weight is 182 g/mol. The van der Waals surface area contributed by atoms with E-state index in [0.29, 0.717) is 6.54 Å². The van der Waals surface area contributed by atoms with Crippen LogP contribution in [0.25, 0.3) is 0 Å². The van der Waals surface area contributed by atoms with Crippen molar-refractivity contribution in [3.05, 3.63) is 35.4 Å². The maximum atomic E-state index is 5.44. The van der Waals surface area contributed by atoms with Crippen molar-refractivity contribution in [3.8, 4) is 11.8 Å². The van der Waals surface area contributed by atoms with Crippen molar-refractivity contribution in [1.82, 2.24) is 0 Å². The number of rotatable bonds is 1. The highest BCUT2D eigenvalue weighted by atomic mass is 35.5. The topological polar surface area (TPSA) is 26.0 Å². The lowest BCUT2D eigenvalue weighted by Gasteiger charge is -1.94. The van der Waals surface area contributed by atoms with Crippen LogP contribution >= 0.6 is 12.4 Å². The molecule has 0 aliphatic carbocycles. The molecule has 1 aromatic rings. The van der Waals surface area contributed by atoms with Crippen molar-refractivity contribution in [2.24, 2.45) is 5.73 Å². The third kappa shape index (κ3) is 2.96. The van der Waals surface area contributed by atoms with Crippen LogP contribution in [-0.4, -0.2) is 0 Å². The highest BCUT2D eigenvalue weighted by Gasteiger charge is 1.87. The van der Waals surface area contributed by atoms with Gasteiger partial charge >= 0.3 is 0 Å². The molecule has 0 spiro atoms. The van der Waals surface area contributed by atoms with Gasteiger partial charge in [-0.15, -0.1) is 18.3 Å². The van der Waals surface area contributed by atoms with Crippen molar-refractivity contribution in [1.29, 1.82) is 0 Å². The highest BCUT2D eigenvalue weighted by molar-refractivity contribution is 5.85. The molecule has 1 nitrogen and oxygen atoms in total. The average Bonchev–Trinajstić information content (AvgIpc) is 2.07. The van der Waals surface area contributed by atoms with Gasteiger partial charge < -0.3 is 5.73 Å². The molecule has 0 unspecified atom stereocenters. The minimum atomic E-state index is 0. The third-order valence-corrected chi connectivity index (χ3v) is 1.46. The second-order valence-corrected chi connectivity index (χ2v) is 2.28. The largest absolute Gasteiger partial charge is 0.326 e. The molecule has 0 radical (unpaired) electrons. The molecule has 0 aliphatic rings. The summed E-state index contributed by atoms with van der Waals surface area (Å²) < 4.78 is 0. The summed E-state index contributed by atoms with van der Waals surface area (Å²) in [5.74, 6) is 5.81. The second kappa shape index (κ2) is 5.65. The Kier molecular flexibility index (Phi) is 5.19. The van der Waals surface area contributed by atoms with Crippen LogP contribution < -0.4 is 5.73 Å². The molecule has 2 heteroatoms. The van der Waals surface area contributed by atoms with Gasteiger partial charge in [0.15, 0.2) is 0 Å². The van der Waals surface area contributed by atoms with E-state index in [4.69, 9.17) is 5.73 Å². The minimum Gasteiger partial charge on any atom is -0.326 e. The van der Waals surface area contributed by atoms with Crippen LogP contribution in [0.3, 0.4) is 0 Å². The maximum Gasteiger partial charge on any atom is 0.0245 e. The van der Waals surface area contributed by atoms with E-state index in [2.05, 4.69) is 11.8 Å². The molecule has 0 bridgehead atoms. The molecule has 1 rings (SSSR count). The van der Waals surface area contributed by atoms with Crippen molar-refractivity contribution in [2.45, 2.75) is 13.5 Å². The van der Waals surface area contributed by atoms with Crippen molar-refractivity contribution in [2.75, 3.05) is 0 Å². The van der Waals surface area contributed by atoms with E-state index >= 15 is 0 Å². The number of hydrogen-bond donors (Lipinski definition) is 1. The standard InChI is InChI=1S/C10H11N.ClH/c1-2-3-9-4-6-10(8-11)7-5-9;/h4-7H,8,11H2,1H3;1H. The number of halogens is 1. The van der Waals surface area contributed by atoms with E-state index in [0.717, 1.165) is 11.1 Å². The Labute approximate surface area is 79.4 Å². The first-order valence-corrected chi connectivity index (χ1v) is 3.58. The molecular weight excluding hydrogens is 170 g/mol. The first-order valence-electron chi connectivity index (χ1n) is 3.58. The molecule has 0 fully saturated rings. The highest BCUT2D eigenvalue weighted by Crippen LogP contribution is 2.01. The molecule has 0 aliphatic heterocycles. The van der Waals surface area contributed by atoms with Gasteiger partial charge in [-0.3, -0.25) is 0 Å². The summed E-state index contributed by atoms with van der Waals surface area (Å²) in [7, 11) is 0. The predicted molar refractivity (Wildman–Crippen MR) is 54.1 cm³/mol. The lowest BCUT2D eigenvalue weighted by molar-refractivity contribution is 1.07. The van der Waals surface area contributed by atoms with Gasteiger partial charge in [-0.2, -0.15) is 0 Å². The van der Waals surface area contributed by atoms with Gasteiger partial charge in [0, 0.05) is 12.1 Å². The monoisotopic (exact) mass is 181 g/mol. The zero-order chi connectivity index (χ0) is 8.10. The quantitative estimate of drug-likeness (QED) is 0.659. The summed E-state index contributed by atoms with van der Waals surface area (Å²) in [5, 5.41) is 0. The zero-order valence-electron chi connectivity index (χ0n) is 7.00. The van der Waals surface area contributed by atoms with Crippen LogP contribution in [0.15, 0.2) is 24.3 Å². The molecule has 2 N–H and O–H groups in total. The summed E-state index contributed by atoms with van der Waals surface area (Å²) in [5.41, 5.74) is 7.63. The number of benzene rings is 1. The summed E-state index contributed by atoms with van der Waals surface area (Å²) >= 11 is 0. The van der Waals surface area contributed by atoms with E-state index in [9.17, 15) is 0 Å². The van der Waals surface area contributed by atoms with Crippen LogP contribution in [0, 0.1) is 11.8 Å². The van der Waals surface area contributed by atoms with Crippen LogP contribution in [0.5, 0.6) is 0 Å². The Bertz CT molecular complexity index is 279. The Hall–Kier alpha value is -0.970. The normalized spacial score (nSPS) is 7.83. The van der Waals surface area contributed by atoms with Gasteiger partial charge in [0.25, 0.3) is 0 Å². The van der Waals surface area contributed by atoms with E-state index in [1.807, 2.05) is 31.2 Å². The molecule has 0 aromatic heterocycles. The maximum absolute atomic E-state index is 5.44. The first-order chi connectivity index (χ1) is 5.36. The summed E-state index contributed by atoms with van der Waals surface area (Å²) in [6.45, 7) is 2.43. The summed E-state index contributed by atoms with van der Waals surface area (Å²) in [4.78, 5) is 0. The molecule has 1 aromatic carbocycles. The Morgan fingerprint density at radius 3 is 2.25 bits per heavy atom. The molecular formula is C10H12ClN. The summed E-state index contributed by atoms with van der Waals surface area (Å²) in [6.07, 6.45) is 0. The fraction of sp³-hybridized carbons (Fsp3) is 0.200. The minimum absolute atomic E-state index is 0. The van der Waals surface area contributed by atoms with Gasteiger partial charge in [0.05, 0.1) is 0 Å². The van der Waals surface area contributed by atoms with E-state index in [1.165, 1.54) is 0 Å². The lowest BCUT2D eigenvalue weighted by Crippen LogP contribution is -1.95. The van der Waals surface area contributed by atoms with Crippen LogP contribution in [0.1, 0.15) is 18.1 Å². The first kappa shape index (κ1) is 11.0. The second-order valence-electron chi connectivity index (χ2n) is 2.28. The fourth-order valence-electron chi connectivity index (χ4n) is 0.868. The van der Waals surface area contributed by atoms with Crippen LogP contribution in [-0.2, 0) is 6.54 Å². The van der Waals surface area contributed by atoms with Crippen molar-refractivity contribution < 1.29 is 0 Å². The molecule has 64 valence electrons. The Morgan fingerprint density at radius 1 is 1.25 bits per heavy atom. The van der Waals surface area contributed by atoms with Crippen LogP contribution in [0.4, 0.5) is 0 Å². The SMILES string of the molecule is CC#Cc1ccc(CN)cc1.Cl. The van der Waals surface area contributed by atoms with Crippen LogP contribution in [0.2, 0.25) is 0 Å². The van der Waals surface area contributed by atoms with Gasteiger partial charge in [0.1, 0.15) is 0 Å². The third-order valence-electron chi connectivity index (χ3n) is 1.46. The lowest BCUT2D eigenvalue weighted by atomic mass is 10.1. The predicted octanol–water partition coefficient (Wildman–Crippen LogP) is 1.94. The Morgan fingerprint density at radius 2 is 1.83 bits per heavy atom. The summed E-state index contributed by atoms with van der Waals surface area (Å²) in [6, 6.07) is 7.97. The smallest absolute Gasteiger partial charge is 0.0245 e. The van der Waals surface area contributed by atoms with Crippen molar-refractivity contribution in [3.63, 3.8) is 0 Å². The molecule has 0 saturated carbocycles.